The number of ether oxygens (including phenoxy) is 2. The highest BCUT2D eigenvalue weighted by Crippen LogP contribution is 2.41. The lowest BCUT2D eigenvalue weighted by Crippen LogP contribution is -2.48. The number of hydrogen-bond acceptors (Lipinski definition) is 4. The summed E-state index contributed by atoms with van der Waals surface area (Å²) in [5, 5.41) is 0. The molecule has 2 rings (SSSR count). The molecular weight excluding hydrogens is 324 g/mol. The summed E-state index contributed by atoms with van der Waals surface area (Å²) in [7, 11) is 0. The molecule has 0 amide bonds. The van der Waals surface area contributed by atoms with Crippen LogP contribution in [0.3, 0.4) is 0 Å². The summed E-state index contributed by atoms with van der Waals surface area (Å²) in [6.07, 6.45) is 8.69. The molecule has 1 fully saturated rings. The zero-order chi connectivity index (χ0) is 14.8. The van der Waals surface area contributed by atoms with Gasteiger partial charge in [-0.05, 0) is 47.8 Å². The van der Waals surface area contributed by atoms with E-state index >= 15 is 0 Å². The van der Waals surface area contributed by atoms with Gasteiger partial charge in [-0.15, -0.1) is 0 Å². The molecule has 0 aromatic carbocycles. The summed E-state index contributed by atoms with van der Waals surface area (Å²) >= 11 is 3.25. The van der Waals surface area contributed by atoms with Crippen LogP contribution in [0.1, 0.15) is 33.1 Å². The summed E-state index contributed by atoms with van der Waals surface area (Å²) in [5.41, 5.74) is -0.964. The predicted octanol–water partition coefficient (Wildman–Crippen LogP) is 3.18. The van der Waals surface area contributed by atoms with E-state index in [1.807, 2.05) is 6.08 Å². The molecule has 5 heteroatoms. The topological polar surface area (TPSA) is 52.6 Å². The summed E-state index contributed by atoms with van der Waals surface area (Å²) in [5.74, 6) is -0.181. The molecule has 0 aromatic rings. The highest BCUT2D eigenvalue weighted by Gasteiger charge is 2.48. The molecule has 0 bridgehead atoms. The maximum atomic E-state index is 11.8. The van der Waals surface area contributed by atoms with Gasteiger partial charge in [0, 0.05) is 6.42 Å². The predicted molar refractivity (Wildman–Crippen MR) is 78.1 cm³/mol. The van der Waals surface area contributed by atoms with Gasteiger partial charge in [0.2, 0.25) is 0 Å². The van der Waals surface area contributed by atoms with Crippen LogP contribution in [0.15, 0.2) is 34.5 Å². The van der Waals surface area contributed by atoms with Crippen molar-refractivity contribution in [1.29, 1.82) is 0 Å². The Kier molecular flexibility index (Phi) is 4.48. The molecule has 0 aromatic heterocycles. The van der Waals surface area contributed by atoms with E-state index in [-0.39, 0.29) is 5.78 Å². The van der Waals surface area contributed by atoms with Gasteiger partial charge < -0.3 is 9.47 Å². The second-order valence-corrected chi connectivity index (χ2v) is 5.62. The summed E-state index contributed by atoms with van der Waals surface area (Å²) < 4.78 is 11.5. The van der Waals surface area contributed by atoms with E-state index < -0.39 is 17.7 Å². The van der Waals surface area contributed by atoms with Crippen LogP contribution >= 0.6 is 15.9 Å². The first-order valence-corrected chi connectivity index (χ1v) is 7.48. The molecule has 20 heavy (non-hydrogen) atoms. The molecule has 1 saturated heterocycles. The molecule has 0 saturated carbocycles. The van der Waals surface area contributed by atoms with Crippen LogP contribution < -0.4 is 0 Å². The van der Waals surface area contributed by atoms with Crippen LogP contribution in [0.5, 0.6) is 0 Å². The fourth-order valence-electron chi connectivity index (χ4n) is 2.21. The Morgan fingerprint density at radius 1 is 1.40 bits per heavy atom. The van der Waals surface area contributed by atoms with Crippen LogP contribution in [0.2, 0.25) is 0 Å². The van der Waals surface area contributed by atoms with Crippen molar-refractivity contribution < 1.29 is 19.1 Å². The smallest absolute Gasteiger partial charge is 0.348 e. The molecule has 1 aliphatic carbocycles. The molecule has 2 atom stereocenters. The second kappa shape index (κ2) is 5.95. The van der Waals surface area contributed by atoms with Gasteiger partial charge in [0.05, 0.1) is 0 Å². The van der Waals surface area contributed by atoms with Gasteiger partial charge in [-0.25, -0.2) is 4.79 Å². The second-order valence-electron chi connectivity index (χ2n) is 4.83. The third kappa shape index (κ3) is 2.73. The Balaban J connectivity index is 2.30. The van der Waals surface area contributed by atoms with E-state index in [2.05, 4.69) is 28.9 Å². The normalized spacial score (nSPS) is 29.4. The molecule has 0 radical (unpaired) electrons. The van der Waals surface area contributed by atoms with E-state index in [1.54, 1.807) is 13.0 Å². The number of carbonyl (C=O) groups excluding carboxylic acids is 2. The van der Waals surface area contributed by atoms with E-state index in [0.717, 1.165) is 12.8 Å². The Bertz CT molecular complexity index is 518. The average molecular weight is 341 g/mol. The van der Waals surface area contributed by atoms with Crippen molar-refractivity contribution >= 4 is 27.7 Å². The molecule has 0 N–H and O–H groups in total. The fraction of sp³-hybridized carbons (Fsp3) is 0.467. The maximum absolute atomic E-state index is 11.8. The van der Waals surface area contributed by atoms with Crippen LogP contribution in [0.25, 0.3) is 0 Å². The standard InChI is InChI=1S/C15H17BrO4/c1-3-4-5-6-8-15-9-7-11(17)12(16)13(15)19-10(2)14(18)20-15/h4-5,7,9-10H,3,6,8H2,1-2H3/b5-4-/t10-,15-/m0/s1. The lowest BCUT2D eigenvalue weighted by atomic mass is 9.88. The maximum Gasteiger partial charge on any atom is 0.348 e. The molecule has 1 aliphatic heterocycles. The lowest BCUT2D eigenvalue weighted by molar-refractivity contribution is -0.181. The summed E-state index contributed by atoms with van der Waals surface area (Å²) in [4.78, 5) is 23.5. The van der Waals surface area contributed by atoms with Crippen molar-refractivity contribution in [3.8, 4) is 0 Å². The van der Waals surface area contributed by atoms with Gasteiger partial charge in [0.15, 0.2) is 23.2 Å². The SMILES string of the molecule is CC/C=C\CC[C@]12C=CC(=O)C(Br)=C1O[C@@H](C)C(=O)O2. The Morgan fingerprint density at radius 2 is 2.15 bits per heavy atom. The Labute approximate surface area is 126 Å². The van der Waals surface area contributed by atoms with Gasteiger partial charge in [-0.1, -0.05) is 19.1 Å². The van der Waals surface area contributed by atoms with Gasteiger partial charge in [0.25, 0.3) is 0 Å². The number of allylic oxidation sites excluding steroid dienone is 4. The number of halogens is 1. The van der Waals surface area contributed by atoms with Crippen LogP contribution in [0, 0.1) is 0 Å². The van der Waals surface area contributed by atoms with Crippen molar-refractivity contribution in [2.75, 3.05) is 0 Å². The average Bonchev–Trinajstić information content (AvgIpc) is 2.43. The number of rotatable bonds is 4. The molecule has 2 aliphatic rings. The number of esters is 1. The Hall–Kier alpha value is -1.36. The highest BCUT2D eigenvalue weighted by atomic mass is 79.9. The highest BCUT2D eigenvalue weighted by molar-refractivity contribution is 9.12. The van der Waals surface area contributed by atoms with Gasteiger partial charge in [-0.2, -0.15) is 0 Å². The molecule has 0 spiro atoms. The number of fused-ring (bicyclic) bond motifs is 1. The van der Waals surface area contributed by atoms with E-state index in [4.69, 9.17) is 9.47 Å². The summed E-state index contributed by atoms with van der Waals surface area (Å²) in [6, 6.07) is 0. The number of carbonyl (C=O) groups is 2. The van der Waals surface area contributed by atoms with Crippen molar-refractivity contribution in [1.82, 2.24) is 0 Å². The van der Waals surface area contributed by atoms with Crippen molar-refractivity contribution in [3.05, 3.63) is 34.5 Å². The largest absolute Gasteiger partial charge is 0.477 e. The first kappa shape index (κ1) is 15.0. The first-order valence-electron chi connectivity index (χ1n) is 6.68. The molecule has 4 nitrogen and oxygen atoms in total. The van der Waals surface area contributed by atoms with Gasteiger partial charge in [-0.3, -0.25) is 4.79 Å². The molecule has 1 heterocycles. The quantitative estimate of drug-likeness (QED) is 0.582. The fourth-order valence-corrected chi connectivity index (χ4v) is 2.77. The van der Waals surface area contributed by atoms with Crippen molar-refractivity contribution in [2.24, 2.45) is 0 Å². The van der Waals surface area contributed by atoms with Crippen molar-refractivity contribution in [2.45, 2.75) is 44.8 Å². The van der Waals surface area contributed by atoms with Gasteiger partial charge in [0.1, 0.15) is 4.48 Å². The van der Waals surface area contributed by atoms with Crippen molar-refractivity contribution in [3.63, 3.8) is 0 Å². The van der Waals surface area contributed by atoms with Gasteiger partial charge >= 0.3 is 5.97 Å². The number of hydrogen-bond donors (Lipinski definition) is 0. The molecule has 108 valence electrons. The zero-order valence-electron chi connectivity index (χ0n) is 11.5. The summed E-state index contributed by atoms with van der Waals surface area (Å²) in [6.45, 7) is 3.67. The minimum atomic E-state index is -0.964. The first-order chi connectivity index (χ1) is 9.50. The molecular formula is C15H17BrO4. The van der Waals surface area contributed by atoms with Crippen LogP contribution in [-0.2, 0) is 19.1 Å². The van der Waals surface area contributed by atoms with Crippen LogP contribution in [0.4, 0.5) is 0 Å². The minimum absolute atomic E-state index is 0.176. The molecule has 0 unspecified atom stereocenters. The Morgan fingerprint density at radius 3 is 2.85 bits per heavy atom. The number of ketones is 1. The van der Waals surface area contributed by atoms with E-state index in [0.29, 0.717) is 16.7 Å². The van der Waals surface area contributed by atoms with Crippen LogP contribution in [-0.4, -0.2) is 23.5 Å². The zero-order valence-corrected chi connectivity index (χ0v) is 13.1. The van der Waals surface area contributed by atoms with E-state index in [1.165, 1.54) is 6.08 Å². The van der Waals surface area contributed by atoms with E-state index in [9.17, 15) is 9.59 Å². The monoisotopic (exact) mass is 340 g/mol. The third-order valence-corrected chi connectivity index (χ3v) is 4.05. The lowest BCUT2D eigenvalue weighted by Gasteiger charge is -2.40. The minimum Gasteiger partial charge on any atom is -0.477 e. The third-order valence-electron chi connectivity index (χ3n) is 3.30.